The average molecular weight is 406 g/mol. The number of benzene rings is 1. The minimum Gasteiger partial charge on any atom is -0.355 e. The van der Waals surface area contributed by atoms with Crippen LogP contribution in [0.2, 0.25) is 0 Å². The Bertz CT molecular complexity index is 927. The van der Waals surface area contributed by atoms with E-state index in [4.69, 9.17) is 0 Å². The number of hydrogen-bond acceptors (Lipinski definition) is 6. The molecule has 1 aromatic carbocycles. The van der Waals surface area contributed by atoms with Crippen LogP contribution in [0.15, 0.2) is 23.1 Å². The van der Waals surface area contributed by atoms with E-state index in [0.717, 1.165) is 18.2 Å². The zero-order valence-corrected chi connectivity index (χ0v) is 15.6. The van der Waals surface area contributed by atoms with Gasteiger partial charge in [0.2, 0.25) is 5.91 Å². The zero-order valence-electron chi connectivity index (χ0n) is 14.0. The predicted molar refractivity (Wildman–Crippen MR) is 91.7 cm³/mol. The van der Waals surface area contributed by atoms with Crippen LogP contribution in [0.1, 0.15) is 23.7 Å². The van der Waals surface area contributed by atoms with E-state index in [1.165, 1.54) is 6.92 Å². The molecule has 1 fully saturated rings. The highest BCUT2D eigenvalue weighted by Gasteiger charge is 2.38. The summed E-state index contributed by atoms with van der Waals surface area (Å²) in [6.07, 6.45) is -0.0275. The molecular weight excluding hydrogens is 387 g/mol. The Kier molecular flexibility index (Phi) is 6.02. The first kappa shape index (κ1) is 20.3. The van der Waals surface area contributed by atoms with Gasteiger partial charge >= 0.3 is 0 Å². The third-order valence-corrected chi connectivity index (χ3v) is 8.09. The molecule has 1 aliphatic heterocycles. The molecule has 1 heterocycles. The maximum absolute atomic E-state index is 13.9. The molecule has 11 heteroatoms. The van der Waals surface area contributed by atoms with Crippen LogP contribution in [0.5, 0.6) is 0 Å². The molecule has 2 N–H and O–H groups in total. The van der Waals surface area contributed by atoms with Gasteiger partial charge in [-0.05, 0) is 24.6 Å². The Morgan fingerprint density at radius 2 is 1.88 bits per heavy atom. The van der Waals surface area contributed by atoms with E-state index in [-0.39, 0.29) is 36.1 Å². The van der Waals surface area contributed by atoms with Crippen LogP contribution < -0.4 is 10.6 Å². The molecule has 0 saturated carbocycles. The van der Waals surface area contributed by atoms with Crippen molar-refractivity contribution in [3.8, 4) is 0 Å². The average Bonchev–Trinajstić information content (AvgIpc) is 2.92. The van der Waals surface area contributed by atoms with E-state index in [0.29, 0.717) is 0 Å². The molecule has 0 aromatic heterocycles. The summed E-state index contributed by atoms with van der Waals surface area (Å²) in [6, 6.07) is 2.78. The van der Waals surface area contributed by atoms with E-state index < -0.39 is 48.0 Å². The minimum absolute atomic E-state index is 0.0275. The number of amides is 2. The van der Waals surface area contributed by atoms with Gasteiger partial charge in [0.15, 0.2) is 19.7 Å². The topological polar surface area (TPSA) is 126 Å². The molecule has 144 valence electrons. The van der Waals surface area contributed by atoms with Gasteiger partial charge in [-0.2, -0.15) is 0 Å². The fourth-order valence-corrected chi connectivity index (χ4v) is 6.95. The second-order valence-electron chi connectivity index (χ2n) is 5.95. The van der Waals surface area contributed by atoms with Crippen molar-refractivity contribution in [3.05, 3.63) is 29.6 Å². The third kappa shape index (κ3) is 4.79. The Hall–Kier alpha value is -2.01. The van der Waals surface area contributed by atoms with Gasteiger partial charge in [-0.3, -0.25) is 9.59 Å². The van der Waals surface area contributed by atoms with Crippen molar-refractivity contribution in [2.24, 2.45) is 0 Å². The fraction of sp³-hybridized carbons (Fsp3) is 0.467. The van der Waals surface area contributed by atoms with Crippen LogP contribution in [0.4, 0.5) is 4.39 Å². The predicted octanol–water partition coefficient (Wildman–Crippen LogP) is -0.348. The molecule has 2 rings (SSSR count). The van der Waals surface area contributed by atoms with Crippen molar-refractivity contribution in [2.75, 3.05) is 24.6 Å². The van der Waals surface area contributed by atoms with Crippen LogP contribution in [0, 0.1) is 5.82 Å². The number of rotatable bonds is 6. The van der Waals surface area contributed by atoms with Crippen LogP contribution in [-0.2, 0) is 24.5 Å². The lowest BCUT2D eigenvalue weighted by Crippen LogP contribution is -2.34. The number of hydrogen-bond donors (Lipinski definition) is 2. The quantitative estimate of drug-likeness (QED) is 0.491. The molecule has 2 amide bonds. The van der Waals surface area contributed by atoms with Gasteiger partial charge in [0, 0.05) is 20.0 Å². The highest BCUT2D eigenvalue weighted by atomic mass is 32.2. The van der Waals surface area contributed by atoms with Gasteiger partial charge in [0.05, 0.1) is 27.2 Å². The fourth-order valence-electron chi connectivity index (χ4n) is 2.56. The first-order chi connectivity index (χ1) is 12.0. The van der Waals surface area contributed by atoms with E-state index in [1.807, 2.05) is 0 Å². The molecule has 1 saturated heterocycles. The SMILES string of the molecule is CC(=O)NCCNC(=O)c1cc(S(=O)(=O)C2CCS(=O)(=O)C2)ccc1F. The summed E-state index contributed by atoms with van der Waals surface area (Å²) in [5.74, 6) is -2.71. The molecule has 1 unspecified atom stereocenters. The molecule has 0 aliphatic carbocycles. The summed E-state index contributed by atoms with van der Waals surface area (Å²) >= 11 is 0. The Labute approximate surface area is 151 Å². The number of nitrogens with one attached hydrogen (secondary N) is 2. The molecule has 1 aromatic rings. The van der Waals surface area contributed by atoms with E-state index in [9.17, 15) is 30.8 Å². The number of carbonyl (C=O) groups is 2. The van der Waals surface area contributed by atoms with Gasteiger partial charge in [0.25, 0.3) is 5.91 Å². The van der Waals surface area contributed by atoms with Crippen molar-refractivity contribution in [3.63, 3.8) is 0 Å². The van der Waals surface area contributed by atoms with Crippen LogP contribution in [0.3, 0.4) is 0 Å². The van der Waals surface area contributed by atoms with E-state index in [2.05, 4.69) is 10.6 Å². The molecule has 1 atom stereocenters. The van der Waals surface area contributed by atoms with Crippen molar-refractivity contribution < 1.29 is 30.8 Å². The smallest absolute Gasteiger partial charge is 0.254 e. The molecule has 1 aliphatic rings. The summed E-state index contributed by atoms with van der Waals surface area (Å²) in [4.78, 5) is 22.5. The molecule has 0 bridgehead atoms. The van der Waals surface area contributed by atoms with Crippen LogP contribution >= 0.6 is 0 Å². The Balaban J connectivity index is 2.18. The Morgan fingerprint density at radius 3 is 2.46 bits per heavy atom. The molecule has 0 radical (unpaired) electrons. The Morgan fingerprint density at radius 1 is 1.23 bits per heavy atom. The number of sulfone groups is 2. The lowest BCUT2D eigenvalue weighted by molar-refractivity contribution is -0.118. The van der Waals surface area contributed by atoms with Gasteiger partial charge in [0.1, 0.15) is 5.82 Å². The summed E-state index contributed by atoms with van der Waals surface area (Å²) < 4.78 is 62.1. The highest BCUT2D eigenvalue weighted by Crippen LogP contribution is 2.26. The van der Waals surface area contributed by atoms with Crippen molar-refractivity contribution in [2.45, 2.75) is 23.5 Å². The van der Waals surface area contributed by atoms with Crippen molar-refractivity contribution >= 4 is 31.5 Å². The summed E-state index contributed by atoms with van der Waals surface area (Å²) in [7, 11) is -7.41. The summed E-state index contributed by atoms with van der Waals surface area (Å²) in [6.45, 7) is 1.48. The summed E-state index contributed by atoms with van der Waals surface area (Å²) in [5.41, 5.74) is -0.463. The van der Waals surface area contributed by atoms with Crippen molar-refractivity contribution in [1.29, 1.82) is 0 Å². The van der Waals surface area contributed by atoms with E-state index in [1.54, 1.807) is 0 Å². The molecular formula is C15H19FN2O6S2. The normalized spacial score (nSPS) is 19.1. The van der Waals surface area contributed by atoms with E-state index >= 15 is 0 Å². The number of carbonyl (C=O) groups excluding carboxylic acids is 2. The third-order valence-electron chi connectivity index (χ3n) is 3.92. The zero-order chi connectivity index (χ0) is 19.5. The van der Waals surface area contributed by atoms with Crippen molar-refractivity contribution in [1.82, 2.24) is 10.6 Å². The monoisotopic (exact) mass is 406 g/mol. The van der Waals surface area contributed by atoms with Gasteiger partial charge in [-0.1, -0.05) is 0 Å². The first-order valence-electron chi connectivity index (χ1n) is 7.79. The van der Waals surface area contributed by atoms with Gasteiger partial charge in [-0.15, -0.1) is 0 Å². The lowest BCUT2D eigenvalue weighted by Gasteiger charge is -2.12. The minimum atomic E-state index is -4.00. The second kappa shape index (κ2) is 7.70. The maximum atomic E-state index is 13.9. The lowest BCUT2D eigenvalue weighted by atomic mass is 10.2. The first-order valence-corrected chi connectivity index (χ1v) is 11.2. The van der Waals surface area contributed by atoms with Crippen LogP contribution in [0.25, 0.3) is 0 Å². The van der Waals surface area contributed by atoms with Gasteiger partial charge in [-0.25, -0.2) is 21.2 Å². The maximum Gasteiger partial charge on any atom is 0.254 e. The largest absolute Gasteiger partial charge is 0.355 e. The summed E-state index contributed by atoms with van der Waals surface area (Å²) in [5, 5.41) is 3.72. The molecule has 26 heavy (non-hydrogen) atoms. The highest BCUT2D eigenvalue weighted by molar-refractivity contribution is 7.96. The molecule has 0 spiro atoms. The molecule has 8 nitrogen and oxygen atoms in total. The number of halogens is 1. The van der Waals surface area contributed by atoms with Gasteiger partial charge < -0.3 is 10.6 Å². The van der Waals surface area contributed by atoms with Crippen LogP contribution in [-0.4, -0.2) is 58.5 Å². The standard InChI is InChI=1S/C15H19FN2O6S2/c1-10(19)17-5-6-18-15(20)13-8-11(2-3-14(13)16)26(23,24)12-4-7-25(21,22)9-12/h2-3,8,12H,4-7,9H2,1H3,(H,17,19)(H,18,20). The second-order valence-corrected chi connectivity index (χ2v) is 10.4.